The fourth-order valence-electron chi connectivity index (χ4n) is 4.94. The summed E-state index contributed by atoms with van der Waals surface area (Å²) in [6.45, 7) is 9.92. The molecule has 1 aromatic rings. The summed E-state index contributed by atoms with van der Waals surface area (Å²) in [4.78, 5) is 21.1. The fourth-order valence-corrected chi connectivity index (χ4v) is 4.94. The number of hydrogen-bond acceptors (Lipinski definition) is 6. The summed E-state index contributed by atoms with van der Waals surface area (Å²) in [5.41, 5.74) is 1.20. The van der Waals surface area contributed by atoms with Gasteiger partial charge in [0.2, 0.25) is 0 Å². The number of piperazine rings is 1. The van der Waals surface area contributed by atoms with Crippen molar-refractivity contribution in [3.63, 3.8) is 0 Å². The number of aromatic nitrogens is 1. The maximum Gasteiger partial charge on any atom is 0.413 e. The Labute approximate surface area is 160 Å². The Morgan fingerprint density at radius 3 is 2.41 bits per heavy atom. The van der Waals surface area contributed by atoms with E-state index >= 15 is 0 Å². The van der Waals surface area contributed by atoms with Gasteiger partial charge in [-0.25, -0.2) is 9.78 Å². The van der Waals surface area contributed by atoms with Gasteiger partial charge in [-0.2, -0.15) is 0 Å². The maximum absolute atomic E-state index is 11.8. The Kier molecular flexibility index (Phi) is 4.35. The summed E-state index contributed by atoms with van der Waals surface area (Å²) in [6, 6.07) is 3.81. The van der Waals surface area contributed by atoms with Crippen LogP contribution in [0.15, 0.2) is 18.3 Å². The van der Waals surface area contributed by atoms with Gasteiger partial charge in [0.15, 0.2) is 0 Å². The highest BCUT2D eigenvalue weighted by Crippen LogP contribution is 2.69. The van der Waals surface area contributed by atoms with E-state index in [9.17, 15) is 9.90 Å². The van der Waals surface area contributed by atoms with Gasteiger partial charge < -0.3 is 14.7 Å². The minimum Gasteiger partial charge on any atom is -0.444 e. The molecule has 1 saturated heterocycles. The first-order valence-corrected chi connectivity index (χ1v) is 9.80. The molecular formula is C20H30N4O3. The van der Waals surface area contributed by atoms with E-state index in [1.165, 1.54) is 19.3 Å². The average molecular weight is 374 g/mol. The molecule has 7 heteroatoms. The summed E-state index contributed by atoms with van der Waals surface area (Å²) in [6.07, 6.45) is 4.83. The van der Waals surface area contributed by atoms with Crippen LogP contribution in [0.5, 0.6) is 0 Å². The van der Waals surface area contributed by atoms with Gasteiger partial charge in [-0.3, -0.25) is 10.2 Å². The number of ether oxygens (including phenoxy) is 1. The first kappa shape index (κ1) is 18.5. The quantitative estimate of drug-likeness (QED) is 0.843. The molecule has 1 aliphatic heterocycles. The lowest BCUT2D eigenvalue weighted by molar-refractivity contribution is -0.236. The highest BCUT2D eigenvalue weighted by molar-refractivity contribution is 5.83. The minimum atomic E-state index is -0.527. The zero-order valence-electron chi connectivity index (χ0n) is 16.5. The van der Waals surface area contributed by atoms with Gasteiger partial charge >= 0.3 is 6.09 Å². The summed E-state index contributed by atoms with van der Waals surface area (Å²) >= 11 is 0. The van der Waals surface area contributed by atoms with Gasteiger partial charge in [-0.15, -0.1) is 0 Å². The second-order valence-electron chi connectivity index (χ2n) is 9.42. The molecule has 0 unspecified atom stereocenters. The summed E-state index contributed by atoms with van der Waals surface area (Å²) < 4.78 is 5.25. The van der Waals surface area contributed by atoms with Crippen LogP contribution in [0.1, 0.15) is 40.0 Å². The Hall–Kier alpha value is -1.86. The molecule has 7 nitrogen and oxygen atoms in total. The molecular weight excluding hydrogens is 344 g/mol. The van der Waals surface area contributed by atoms with E-state index in [2.05, 4.69) is 20.1 Å². The van der Waals surface area contributed by atoms with Crippen LogP contribution in [-0.4, -0.2) is 65.0 Å². The number of hydrogen-bond donors (Lipinski definition) is 2. The number of rotatable bonds is 4. The fraction of sp³-hybridized carbons (Fsp3) is 0.700. The van der Waals surface area contributed by atoms with Crippen LogP contribution in [0.25, 0.3) is 0 Å². The van der Waals surface area contributed by atoms with E-state index in [4.69, 9.17) is 4.74 Å². The molecule has 0 radical (unpaired) electrons. The average Bonchev–Trinajstić information content (AvgIpc) is 2.52. The monoisotopic (exact) mass is 374 g/mol. The number of nitrogens with one attached hydrogen (secondary N) is 1. The molecule has 5 rings (SSSR count). The minimum absolute atomic E-state index is 0.262. The standard InChI is InChI=1S/C20H30N4O3/c1-18(2,3)27-17(26)22-16-5-4-15(10-21-16)23-6-8-24(9-7-23)20-11-19(12-20,13-20)14-25/h4-5,10,25H,6-9,11-14H2,1-3H3,(H,21,22,26). The van der Waals surface area contributed by atoms with Crippen molar-refractivity contribution in [1.29, 1.82) is 0 Å². The lowest BCUT2D eigenvalue weighted by Gasteiger charge is -2.74. The number of nitrogens with zero attached hydrogens (tertiary/aromatic N) is 3. The van der Waals surface area contributed by atoms with Crippen LogP contribution in [0.2, 0.25) is 0 Å². The molecule has 4 fully saturated rings. The van der Waals surface area contributed by atoms with E-state index < -0.39 is 11.7 Å². The van der Waals surface area contributed by atoms with Crippen LogP contribution in [0.4, 0.5) is 16.3 Å². The number of aliphatic hydroxyl groups excluding tert-OH is 1. The largest absolute Gasteiger partial charge is 0.444 e. The van der Waals surface area contributed by atoms with E-state index in [0.29, 0.717) is 18.0 Å². The van der Waals surface area contributed by atoms with Crippen molar-refractivity contribution in [3.05, 3.63) is 18.3 Å². The van der Waals surface area contributed by atoms with Crippen molar-refractivity contribution in [2.45, 2.75) is 51.2 Å². The second-order valence-corrected chi connectivity index (χ2v) is 9.42. The molecule has 2 heterocycles. The lowest BCUT2D eigenvalue weighted by Crippen LogP contribution is -2.77. The van der Waals surface area contributed by atoms with Crippen LogP contribution in [0.3, 0.4) is 0 Å². The van der Waals surface area contributed by atoms with Gasteiger partial charge in [0.25, 0.3) is 0 Å². The Balaban J connectivity index is 1.27. The Morgan fingerprint density at radius 2 is 1.89 bits per heavy atom. The first-order valence-electron chi connectivity index (χ1n) is 9.80. The molecule has 27 heavy (non-hydrogen) atoms. The smallest absolute Gasteiger partial charge is 0.413 e. The first-order chi connectivity index (χ1) is 12.7. The zero-order valence-corrected chi connectivity index (χ0v) is 16.5. The molecule has 1 aromatic heterocycles. The van der Waals surface area contributed by atoms with Crippen molar-refractivity contribution in [3.8, 4) is 0 Å². The number of amides is 1. The number of carbonyl (C=O) groups excluding carboxylic acids is 1. The molecule has 0 spiro atoms. The van der Waals surface area contributed by atoms with Gasteiger partial charge in [-0.05, 0) is 57.6 Å². The van der Waals surface area contributed by atoms with Gasteiger partial charge in [0.05, 0.1) is 11.9 Å². The van der Waals surface area contributed by atoms with Gasteiger partial charge in [-0.1, -0.05) is 0 Å². The predicted molar refractivity (Wildman–Crippen MR) is 104 cm³/mol. The molecule has 4 aliphatic rings. The lowest BCUT2D eigenvalue weighted by atomic mass is 9.39. The van der Waals surface area contributed by atoms with Crippen LogP contribution >= 0.6 is 0 Å². The molecule has 0 atom stereocenters. The SMILES string of the molecule is CC(C)(C)OC(=O)Nc1ccc(N2CCN(C34CC(CO)(C3)C4)CC2)cn1. The summed E-state index contributed by atoms with van der Waals surface area (Å²) in [5.74, 6) is 0.495. The van der Waals surface area contributed by atoms with E-state index in [1.54, 1.807) is 0 Å². The highest BCUT2D eigenvalue weighted by atomic mass is 16.6. The molecule has 2 bridgehead atoms. The Morgan fingerprint density at radius 1 is 1.22 bits per heavy atom. The van der Waals surface area contributed by atoms with Gasteiger partial charge in [0.1, 0.15) is 11.4 Å². The van der Waals surface area contributed by atoms with E-state index in [-0.39, 0.29) is 5.41 Å². The molecule has 1 amide bonds. The van der Waals surface area contributed by atoms with Crippen molar-refractivity contribution in [1.82, 2.24) is 9.88 Å². The van der Waals surface area contributed by atoms with Crippen LogP contribution in [0, 0.1) is 5.41 Å². The van der Waals surface area contributed by atoms with Crippen molar-refractivity contribution in [2.24, 2.45) is 5.41 Å². The van der Waals surface area contributed by atoms with Crippen LogP contribution in [-0.2, 0) is 4.74 Å². The normalized spacial score (nSPS) is 30.3. The molecule has 0 aromatic carbocycles. The third-order valence-electron chi connectivity index (χ3n) is 6.14. The topological polar surface area (TPSA) is 77.9 Å². The number of aliphatic hydroxyl groups is 1. The van der Waals surface area contributed by atoms with E-state index in [1.807, 2.05) is 39.1 Å². The second kappa shape index (κ2) is 6.34. The van der Waals surface area contributed by atoms with Crippen molar-refractivity contribution >= 4 is 17.6 Å². The number of anilines is 2. The molecule has 2 N–H and O–H groups in total. The molecule has 3 aliphatic carbocycles. The van der Waals surface area contributed by atoms with Crippen molar-refractivity contribution < 1.29 is 14.6 Å². The Bertz CT molecular complexity index is 685. The van der Waals surface area contributed by atoms with Crippen LogP contribution < -0.4 is 10.2 Å². The van der Waals surface area contributed by atoms with E-state index in [0.717, 1.165) is 31.9 Å². The number of carbonyl (C=O) groups is 1. The third kappa shape index (κ3) is 3.50. The zero-order chi connectivity index (χ0) is 19.3. The molecule has 148 valence electrons. The highest BCUT2D eigenvalue weighted by Gasteiger charge is 2.69. The van der Waals surface area contributed by atoms with Gasteiger partial charge in [0, 0.05) is 38.3 Å². The maximum atomic E-state index is 11.8. The summed E-state index contributed by atoms with van der Waals surface area (Å²) in [5, 5.41) is 12.1. The molecule has 3 saturated carbocycles. The number of pyridine rings is 1. The predicted octanol–water partition coefficient (Wildman–Crippen LogP) is 2.47. The summed E-state index contributed by atoms with van der Waals surface area (Å²) in [7, 11) is 0. The third-order valence-corrected chi connectivity index (χ3v) is 6.14. The van der Waals surface area contributed by atoms with Crippen molar-refractivity contribution in [2.75, 3.05) is 43.0 Å².